The molecular weight excluding hydrogens is 242 g/mol. The zero-order valence-corrected chi connectivity index (χ0v) is 10.3. The second-order valence-electron chi connectivity index (χ2n) is 4.25. The van der Waals surface area contributed by atoms with Crippen LogP contribution in [-0.2, 0) is 6.42 Å². The average molecular weight is 255 g/mol. The van der Waals surface area contributed by atoms with Crippen LogP contribution < -0.4 is 14.8 Å². The molecule has 0 bridgehead atoms. The lowest BCUT2D eigenvalue weighted by Crippen LogP contribution is -2.16. The number of carbonyl (C=O) groups is 1. The van der Waals surface area contributed by atoms with E-state index in [9.17, 15) is 4.79 Å². The van der Waals surface area contributed by atoms with Crippen molar-refractivity contribution < 1.29 is 14.3 Å². The number of rotatable bonds is 2. The van der Waals surface area contributed by atoms with Gasteiger partial charge in [-0.25, -0.2) is 4.79 Å². The number of ether oxygens (including phenoxy) is 2. The van der Waals surface area contributed by atoms with Crippen molar-refractivity contribution in [2.45, 2.75) is 6.42 Å². The van der Waals surface area contributed by atoms with Crippen LogP contribution in [0.3, 0.4) is 0 Å². The Bertz CT molecular complexity index is 596. The second kappa shape index (κ2) is 5.02. The highest BCUT2D eigenvalue weighted by molar-refractivity contribution is 5.86. The SMILES string of the molecule is O=C(Nc1ccc2c(c1)CCO2)Oc1ccccc1. The predicted octanol–water partition coefficient (Wildman–Crippen LogP) is 3.23. The topological polar surface area (TPSA) is 47.6 Å². The Balaban J connectivity index is 1.66. The fourth-order valence-corrected chi connectivity index (χ4v) is 2.00. The molecule has 1 aliphatic heterocycles. The highest BCUT2D eigenvalue weighted by Gasteiger charge is 2.13. The summed E-state index contributed by atoms with van der Waals surface area (Å²) in [5.41, 5.74) is 1.82. The smallest absolute Gasteiger partial charge is 0.417 e. The first-order chi connectivity index (χ1) is 9.31. The number of hydrogen-bond donors (Lipinski definition) is 1. The van der Waals surface area contributed by atoms with E-state index in [4.69, 9.17) is 9.47 Å². The quantitative estimate of drug-likeness (QED) is 0.896. The van der Waals surface area contributed by atoms with E-state index in [0.717, 1.165) is 17.7 Å². The molecule has 0 aromatic heterocycles. The lowest BCUT2D eigenvalue weighted by Gasteiger charge is -2.07. The molecule has 3 rings (SSSR count). The molecule has 0 spiro atoms. The molecule has 0 radical (unpaired) electrons. The number of para-hydroxylation sites is 1. The Labute approximate surface area is 111 Å². The van der Waals surface area contributed by atoms with E-state index in [1.165, 1.54) is 0 Å². The van der Waals surface area contributed by atoms with Crippen LogP contribution in [0.4, 0.5) is 10.5 Å². The summed E-state index contributed by atoms with van der Waals surface area (Å²) in [6.45, 7) is 0.702. The van der Waals surface area contributed by atoms with E-state index in [2.05, 4.69) is 5.32 Å². The molecular formula is C15H13NO3. The van der Waals surface area contributed by atoms with Gasteiger partial charge < -0.3 is 9.47 Å². The van der Waals surface area contributed by atoms with Gasteiger partial charge in [0.15, 0.2) is 0 Å². The number of fused-ring (bicyclic) bond motifs is 1. The number of amides is 1. The average Bonchev–Trinajstić information content (AvgIpc) is 2.87. The summed E-state index contributed by atoms with van der Waals surface area (Å²) in [4.78, 5) is 11.7. The Morgan fingerprint density at radius 1 is 1.16 bits per heavy atom. The summed E-state index contributed by atoms with van der Waals surface area (Å²) in [6, 6.07) is 14.5. The molecule has 1 aliphatic rings. The van der Waals surface area contributed by atoms with Crippen LogP contribution in [0.5, 0.6) is 11.5 Å². The summed E-state index contributed by atoms with van der Waals surface area (Å²) < 4.78 is 10.6. The number of hydrogen-bond acceptors (Lipinski definition) is 3. The van der Waals surface area contributed by atoms with Crippen molar-refractivity contribution in [3.8, 4) is 11.5 Å². The first kappa shape index (κ1) is 11.6. The summed E-state index contributed by atoms with van der Waals surface area (Å²) >= 11 is 0. The third kappa shape index (κ3) is 2.68. The molecule has 1 N–H and O–H groups in total. The Kier molecular flexibility index (Phi) is 3.06. The summed E-state index contributed by atoms with van der Waals surface area (Å²) in [5.74, 6) is 1.41. The minimum atomic E-state index is -0.495. The van der Waals surface area contributed by atoms with Crippen molar-refractivity contribution in [1.29, 1.82) is 0 Å². The third-order valence-electron chi connectivity index (χ3n) is 2.89. The van der Waals surface area contributed by atoms with Gasteiger partial charge in [0.05, 0.1) is 6.61 Å². The molecule has 0 unspecified atom stereocenters. The summed E-state index contributed by atoms with van der Waals surface area (Å²) in [7, 11) is 0. The standard InChI is InChI=1S/C15H13NO3/c17-15(19-13-4-2-1-3-5-13)16-12-6-7-14-11(10-12)8-9-18-14/h1-7,10H,8-9H2,(H,16,17). The molecule has 1 heterocycles. The molecule has 4 nitrogen and oxygen atoms in total. The minimum Gasteiger partial charge on any atom is -0.493 e. The van der Waals surface area contributed by atoms with E-state index in [1.54, 1.807) is 18.2 Å². The van der Waals surface area contributed by atoms with Crippen molar-refractivity contribution in [3.63, 3.8) is 0 Å². The van der Waals surface area contributed by atoms with Crippen molar-refractivity contribution in [2.24, 2.45) is 0 Å². The fourth-order valence-electron chi connectivity index (χ4n) is 2.00. The van der Waals surface area contributed by atoms with Crippen molar-refractivity contribution >= 4 is 11.8 Å². The lowest BCUT2D eigenvalue weighted by atomic mass is 10.1. The van der Waals surface area contributed by atoms with Crippen LogP contribution in [0.25, 0.3) is 0 Å². The summed E-state index contributed by atoms with van der Waals surface area (Å²) in [6.07, 6.45) is 0.378. The van der Waals surface area contributed by atoms with Gasteiger partial charge in [0.2, 0.25) is 0 Å². The number of benzene rings is 2. The van der Waals surface area contributed by atoms with Crippen molar-refractivity contribution in [3.05, 3.63) is 54.1 Å². The Hall–Kier alpha value is -2.49. The molecule has 1 amide bonds. The predicted molar refractivity (Wildman–Crippen MR) is 71.7 cm³/mol. The van der Waals surface area contributed by atoms with E-state index in [-0.39, 0.29) is 0 Å². The van der Waals surface area contributed by atoms with Gasteiger partial charge in [0, 0.05) is 12.1 Å². The molecule has 2 aromatic carbocycles. The van der Waals surface area contributed by atoms with Gasteiger partial charge in [0.1, 0.15) is 11.5 Å². The highest BCUT2D eigenvalue weighted by atomic mass is 16.6. The first-order valence-electron chi connectivity index (χ1n) is 6.11. The number of anilines is 1. The monoisotopic (exact) mass is 255 g/mol. The molecule has 2 aromatic rings. The molecule has 0 aliphatic carbocycles. The lowest BCUT2D eigenvalue weighted by molar-refractivity contribution is 0.215. The van der Waals surface area contributed by atoms with E-state index in [0.29, 0.717) is 18.0 Å². The maximum atomic E-state index is 11.7. The molecule has 0 fully saturated rings. The maximum absolute atomic E-state index is 11.7. The van der Waals surface area contributed by atoms with Crippen molar-refractivity contribution in [1.82, 2.24) is 0 Å². The molecule has 0 saturated carbocycles. The van der Waals surface area contributed by atoms with Crippen LogP contribution in [0.15, 0.2) is 48.5 Å². The number of nitrogens with one attached hydrogen (secondary N) is 1. The largest absolute Gasteiger partial charge is 0.493 e. The maximum Gasteiger partial charge on any atom is 0.417 e. The van der Waals surface area contributed by atoms with Crippen molar-refractivity contribution in [2.75, 3.05) is 11.9 Å². The third-order valence-corrected chi connectivity index (χ3v) is 2.89. The fraction of sp³-hybridized carbons (Fsp3) is 0.133. The van der Waals surface area contributed by atoms with Gasteiger partial charge >= 0.3 is 6.09 Å². The van der Waals surface area contributed by atoms with Gasteiger partial charge in [-0.05, 0) is 35.9 Å². The summed E-state index contributed by atoms with van der Waals surface area (Å²) in [5, 5.41) is 2.70. The highest BCUT2D eigenvalue weighted by Crippen LogP contribution is 2.27. The zero-order valence-electron chi connectivity index (χ0n) is 10.3. The van der Waals surface area contributed by atoms with E-state index in [1.807, 2.05) is 30.3 Å². The van der Waals surface area contributed by atoms with Crippen LogP contribution in [0.1, 0.15) is 5.56 Å². The molecule has 0 saturated heterocycles. The van der Waals surface area contributed by atoms with Gasteiger partial charge in [-0.2, -0.15) is 0 Å². The Morgan fingerprint density at radius 2 is 2.00 bits per heavy atom. The number of carbonyl (C=O) groups excluding carboxylic acids is 1. The van der Waals surface area contributed by atoms with E-state index < -0.39 is 6.09 Å². The van der Waals surface area contributed by atoms with Crippen LogP contribution in [0, 0.1) is 0 Å². The normalized spacial score (nSPS) is 12.4. The zero-order chi connectivity index (χ0) is 13.1. The van der Waals surface area contributed by atoms with Crippen LogP contribution in [-0.4, -0.2) is 12.7 Å². The minimum absolute atomic E-state index is 0.495. The molecule has 0 atom stereocenters. The van der Waals surface area contributed by atoms with Gasteiger partial charge in [-0.3, -0.25) is 5.32 Å². The second-order valence-corrected chi connectivity index (χ2v) is 4.25. The molecule has 19 heavy (non-hydrogen) atoms. The first-order valence-corrected chi connectivity index (χ1v) is 6.11. The Morgan fingerprint density at radius 3 is 2.84 bits per heavy atom. The van der Waals surface area contributed by atoms with Crippen LogP contribution >= 0.6 is 0 Å². The molecule has 4 heteroatoms. The van der Waals surface area contributed by atoms with Gasteiger partial charge in [0.25, 0.3) is 0 Å². The van der Waals surface area contributed by atoms with E-state index >= 15 is 0 Å². The van der Waals surface area contributed by atoms with Gasteiger partial charge in [-0.15, -0.1) is 0 Å². The van der Waals surface area contributed by atoms with Gasteiger partial charge in [-0.1, -0.05) is 18.2 Å². The molecule has 96 valence electrons. The van der Waals surface area contributed by atoms with Crippen LogP contribution in [0.2, 0.25) is 0 Å².